The van der Waals surface area contributed by atoms with Crippen molar-refractivity contribution >= 4 is 5.91 Å². The maximum atomic E-state index is 12.9. The molecule has 1 saturated carbocycles. The number of nitrogens with zero attached hydrogens (tertiary/aromatic N) is 1. The zero-order valence-corrected chi connectivity index (χ0v) is 11.2. The lowest BCUT2D eigenvalue weighted by Gasteiger charge is -2.34. The first-order valence-electron chi connectivity index (χ1n) is 6.53. The molecule has 1 aliphatic carbocycles. The number of hydrogen-bond acceptors (Lipinski definition) is 2. The van der Waals surface area contributed by atoms with Crippen LogP contribution in [0.25, 0.3) is 0 Å². The van der Waals surface area contributed by atoms with Gasteiger partial charge in [0.15, 0.2) is 0 Å². The molecule has 19 heavy (non-hydrogen) atoms. The van der Waals surface area contributed by atoms with Crippen LogP contribution in [0, 0.1) is 23.2 Å². The van der Waals surface area contributed by atoms with E-state index in [-0.39, 0.29) is 12.8 Å². The van der Waals surface area contributed by atoms with E-state index in [2.05, 4.69) is 5.32 Å². The Morgan fingerprint density at radius 2 is 1.95 bits per heavy atom. The monoisotopic (exact) mass is 276 g/mol. The van der Waals surface area contributed by atoms with Crippen molar-refractivity contribution < 1.29 is 18.0 Å². The third kappa shape index (κ3) is 3.85. The van der Waals surface area contributed by atoms with Crippen LogP contribution < -0.4 is 5.32 Å². The molecule has 0 aromatic rings. The van der Waals surface area contributed by atoms with Crippen LogP contribution in [0.1, 0.15) is 46.0 Å². The summed E-state index contributed by atoms with van der Waals surface area (Å²) in [5.41, 5.74) is -1.09. The van der Waals surface area contributed by atoms with E-state index in [1.807, 2.05) is 6.07 Å². The van der Waals surface area contributed by atoms with Gasteiger partial charge >= 0.3 is 6.18 Å². The lowest BCUT2D eigenvalue weighted by molar-refractivity contribution is -0.198. The summed E-state index contributed by atoms with van der Waals surface area (Å²) < 4.78 is 38.7. The summed E-state index contributed by atoms with van der Waals surface area (Å²) in [6.45, 7) is 3.24. The van der Waals surface area contributed by atoms with Crippen LogP contribution in [0.4, 0.5) is 13.2 Å². The van der Waals surface area contributed by atoms with E-state index in [0.717, 1.165) is 0 Å². The summed E-state index contributed by atoms with van der Waals surface area (Å²) in [6, 6.07) is 1.94. The van der Waals surface area contributed by atoms with E-state index < -0.39 is 29.5 Å². The van der Waals surface area contributed by atoms with Gasteiger partial charge in [0.05, 0.1) is 12.0 Å². The number of hydrogen-bond donors (Lipinski definition) is 1. The minimum atomic E-state index is -4.35. The van der Waals surface area contributed by atoms with Crippen molar-refractivity contribution in [2.24, 2.45) is 11.8 Å². The maximum absolute atomic E-state index is 12.9. The van der Waals surface area contributed by atoms with Gasteiger partial charge in [0, 0.05) is 5.92 Å². The van der Waals surface area contributed by atoms with Crippen LogP contribution in [-0.4, -0.2) is 17.6 Å². The molecule has 0 aliphatic heterocycles. The van der Waals surface area contributed by atoms with Crippen molar-refractivity contribution in [3.63, 3.8) is 0 Å². The van der Waals surface area contributed by atoms with Crippen LogP contribution in [0.5, 0.6) is 0 Å². The largest absolute Gasteiger partial charge is 0.392 e. The number of nitrogens with one attached hydrogen (secondary N) is 1. The summed E-state index contributed by atoms with van der Waals surface area (Å²) in [4.78, 5) is 12.0. The van der Waals surface area contributed by atoms with Crippen LogP contribution >= 0.6 is 0 Å². The highest BCUT2D eigenvalue weighted by molar-refractivity contribution is 5.80. The predicted molar refractivity (Wildman–Crippen MR) is 64.0 cm³/mol. The Hall–Kier alpha value is -1.25. The standard InChI is InChI=1S/C13H19F3N2O/c1-3-12(2,8-17)18-11(19)9-6-4-5-7-10(9)13(14,15)16/h9-10H,3-7H2,1-2H3,(H,18,19). The third-order valence-corrected chi connectivity index (χ3v) is 3.88. The number of halogens is 3. The number of carbonyl (C=O) groups is 1. The molecule has 1 amide bonds. The van der Waals surface area contributed by atoms with Crippen LogP contribution in [0.2, 0.25) is 0 Å². The molecule has 0 aromatic heterocycles. The number of alkyl halides is 3. The molecule has 0 heterocycles. The average Bonchev–Trinajstić information content (AvgIpc) is 2.37. The molecular weight excluding hydrogens is 257 g/mol. The number of rotatable bonds is 3. The van der Waals surface area contributed by atoms with Gasteiger partial charge in [-0.05, 0) is 26.2 Å². The van der Waals surface area contributed by atoms with Gasteiger partial charge in [-0.2, -0.15) is 18.4 Å². The van der Waals surface area contributed by atoms with Crippen molar-refractivity contribution in [3.05, 3.63) is 0 Å². The average molecular weight is 276 g/mol. The minimum Gasteiger partial charge on any atom is -0.338 e. The molecular formula is C13H19F3N2O. The Bertz CT molecular complexity index is 375. The van der Waals surface area contributed by atoms with Crippen molar-refractivity contribution in [3.8, 4) is 6.07 Å². The molecule has 1 rings (SSSR count). The first-order valence-corrected chi connectivity index (χ1v) is 6.53. The second kappa shape index (κ2) is 5.81. The summed E-state index contributed by atoms with van der Waals surface area (Å²) >= 11 is 0. The summed E-state index contributed by atoms with van der Waals surface area (Å²) in [6.07, 6.45) is -2.63. The van der Waals surface area contributed by atoms with E-state index >= 15 is 0 Å². The van der Waals surface area contributed by atoms with Gasteiger partial charge in [0.2, 0.25) is 5.91 Å². The van der Waals surface area contributed by atoms with Gasteiger partial charge in [0.25, 0.3) is 0 Å². The van der Waals surface area contributed by atoms with Gasteiger partial charge in [-0.25, -0.2) is 0 Å². The smallest absolute Gasteiger partial charge is 0.338 e. The molecule has 0 saturated heterocycles. The second-order valence-electron chi connectivity index (χ2n) is 5.33. The van der Waals surface area contributed by atoms with E-state index in [9.17, 15) is 18.0 Å². The fourth-order valence-corrected chi connectivity index (χ4v) is 2.40. The Labute approximate surface area is 111 Å². The minimum absolute atomic E-state index is 0.00300. The third-order valence-electron chi connectivity index (χ3n) is 3.88. The Morgan fingerprint density at radius 1 is 1.37 bits per heavy atom. The molecule has 0 bridgehead atoms. The fourth-order valence-electron chi connectivity index (χ4n) is 2.40. The van der Waals surface area contributed by atoms with Crippen LogP contribution in [0.15, 0.2) is 0 Å². The van der Waals surface area contributed by atoms with E-state index in [1.165, 1.54) is 6.92 Å². The van der Waals surface area contributed by atoms with E-state index in [1.54, 1.807) is 6.92 Å². The fraction of sp³-hybridized carbons (Fsp3) is 0.846. The van der Waals surface area contributed by atoms with E-state index in [4.69, 9.17) is 5.26 Å². The SMILES string of the molecule is CCC(C)(C#N)NC(=O)C1CCCCC1C(F)(F)F. The molecule has 1 aliphatic rings. The van der Waals surface area contributed by atoms with Crippen molar-refractivity contribution in [1.29, 1.82) is 5.26 Å². The van der Waals surface area contributed by atoms with Crippen molar-refractivity contribution in [2.75, 3.05) is 0 Å². The zero-order chi connectivity index (χ0) is 14.7. The predicted octanol–water partition coefficient (Wildman–Crippen LogP) is 3.16. The Balaban J connectivity index is 2.82. The molecule has 0 spiro atoms. The van der Waals surface area contributed by atoms with E-state index in [0.29, 0.717) is 19.3 Å². The highest BCUT2D eigenvalue weighted by Gasteiger charge is 2.48. The Morgan fingerprint density at radius 3 is 2.42 bits per heavy atom. The molecule has 6 heteroatoms. The first-order chi connectivity index (χ1) is 8.73. The Kier molecular flexibility index (Phi) is 4.83. The second-order valence-corrected chi connectivity index (χ2v) is 5.33. The maximum Gasteiger partial charge on any atom is 0.392 e. The molecule has 0 radical (unpaired) electrons. The quantitative estimate of drug-likeness (QED) is 0.860. The van der Waals surface area contributed by atoms with Crippen molar-refractivity contribution in [2.45, 2.75) is 57.7 Å². The normalized spacial score (nSPS) is 27.2. The number of nitriles is 1. The van der Waals surface area contributed by atoms with Gasteiger partial charge in [-0.1, -0.05) is 19.8 Å². The number of carbonyl (C=O) groups excluding carboxylic acids is 1. The lowest BCUT2D eigenvalue weighted by atomic mass is 9.78. The lowest BCUT2D eigenvalue weighted by Crippen LogP contribution is -2.50. The molecule has 108 valence electrons. The van der Waals surface area contributed by atoms with Crippen LogP contribution in [-0.2, 0) is 4.79 Å². The highest BCUT2D eigenvalue weighted by atomic mass is 19.4. The first kappa shape index (κ1) is 15.8. The molecule has 0 aromatic carbocycles. The van der Waals surface area contributed by atoms with Crippen LogP contribution in [0.3, 0.4) is 0 Å². The summed E-state index contributed by atoms with van der Waals surface area (Å²) in [5, 5.41) is 11.4. The van der Waals surface area contributed by atoms with Gasteiger partial charge < -0.3 is 5.32 Å². The summed E-state index contributed by atoms with van der Waals surface area (Å²) in [5.74, 6) is -3.29. The van der Waals surface area contributed by atoms with Gasteiger partial charge in [-0.3, -0.25) is 4.79 Å². The molecule has 3 unspecified atom stereocenters. The molecule has 3 atom stereocenters. The van der Waals surface area contributed by atoms with Gasteiger partial charge in [-0.15, -0.1) is 0 Å². The van der Waals surface area contributed by atoms with Gasteiger partial charge in [0.1, 0.15) is 5.54 Å². The zero-order valence-electron chi connectivity index (χ0n) is 11.2. The molecule has 3 nitrogen and oxygen atoms in total. The number of amides is 1. The van der Waals surface area contributed by atoms with Crippen molar-refractivity contribution in [1.82, 2.24) is 5.32 Å². The highest BCUT2D eigenvalue weighted by Crippen LogP contribution is 2.41. The molecule has 1 N–H and O–H groups in total. The summed E-state index contributed by atoms with van der Waals surface area (Å²) in [7, 11) is 0. The topological polar surface area (TPSA) is 52.9 Å². The molecule has 1 fully saturated rings.